The smallest absolute Gasteiger partial charge is 0.408 e. The molecule has 96 valence electrons. The standard InChI is InChI=1S/C13H17N3O2/c1-15-5-6-16(2)11(8-15)9-3-4-12-10(7-9)14-13(17)18-12/h3-4,7,11H,5-6,8H2,1-2H3,(H,14,17). The highest BCUT2D eigenvalue weighted by atomic mass is 16.4. The van der Waals surface area contributed by atoms with E-state index in [2.05, 4.69) is 28.9 Å². The van der Waals surface area contributed by atoms with Crippen LogP contribution in [0.5, 0.6) is 0 Å². The first-order chi connectivity index (χ1) is 8.63. The third kappa shape index (κ3) is 1.95. The summed E-state index contributed by atoms with van der Waals surface area (Å²) in [5, 5.41) is 0. The number of hydrogen-bond donors (Lipinski definition) is 1. The summed E-state index contributed by atoms with van der Waals surface area (Å²) in [6.07, 6.45) is 0. The zero-order chi connectivity index (χ0) is 12.7. The number of piperazine rings is 1. The summed E-state index contributed by atoms with van der Waals surface area (Å²) >= 11 is 0. The molecule has 3 rings (SSSR count). The third-order valence-electron chi connectivity index (χ3n) is 3.68. The van der Waals surface area contributed by atoms with Crippen molar-refractivity contribution >= 4 is 11.1 Å². The van der Waals surface area contributed by atoms with Gasteiger partial charge in [0.2, 0.25) is 0 Å². The zero-order valence-corrected chi connectivity index (χ0v) is 10.6. The number of likely N-dealkylation sites (N-methyl/N-ethyl adjacent to an activating group) is 2. The van der Waals surface area contributed by atoms with Gasteiger partial charge in [0.1, 0.15) is 0 Å². The number of aromatic amines is 1. The minimum Gasteiger partial charge on any atom is -0.408 e. The van der Waals surface area contributed by atoms with E-state index in [1.807, 2.05) is 18.2 Å². The number of fused-ring (bicyclic) bond motifs is 1. The maximum absolute atomic E-state index is 11.2. The second kappa shape index (κ2) is 4.26. The number of rotatable bonds is 1. The molecule has 0 saturated carbocycles. The van der Waals surface area contributed by atoms with Crippen LogP contribution in [0.2, 0.25) is 0 Å². The van der Waals surface area contributed by atoms with Crippen LogP contribution in [0.1, 0.15) is 11.6 Å². The average Bonchev–Trinajstić information content (AvgIpc) is 2.71. The number of H-pyrrole nitrogens is 1. The minimum atomic E-state index is -0.392. The lowest BCUT2D eigenvalue weighted by Crippen LogP contribution is -2.44. The van der Waals surface area contributed by atoms with E-state index in [1.54, 1.807) is 0 Å². The first-order valence-electron chi connectivity index (χ1n) is 6.15. The molecule has 1 fully saturated rings. The van der Waals surface area contributed by atoms with Crippen LogP contribution in [0, 0.1) is 0 Å². The van der Waals surface area contributed by atoms with Crippen molar-refractivity contribution in [3.05, 3.63) is 34.3 Å². The molecule has 1 atom stereocenters. The van der Waals surface area contributed by atoms with Crippen LogP contribution >= 0.6 is 0 Å². The van der Waals surface area contributed by atoms with Gasteiger partial charge in [-0.3, -0.25) is 9.88 Å². The zero-order valence-electron chi connectivity index (χ0n) is 10.6. The molecule has 0 aliphatic carbocycles. The molecule has 5 nitrogen and oxygen atoms in total. The summed E-state index contributed by atoms with van der Waals surface area (Å²) in [4.78, 5) is 18.5. The maximum atomic E-state index is 11.2. The van der Waals surface area contributed by atoms with Crippen molar-refractivity contribution in [1.82, 2.24) is 14.8 Å². The molecule has 1 aliphatic rings. The predicted molar refractivity (Wildman–Crippen MR) is 69.7 cm³/mol. The molecule has 18 heavy (non-hydrogen) atoms. The van der Waals surface area contributed by atoms with E-state index in [4.69, 9.17) is 4.42 Å². The summed E-state index contributed by atoms with van der Waals surface area (Å²) in [6.45, 7) is 3.16. The van der Waals surface area contributed by atoms with Crippen molar-refractivity contribution in [1.29, 1.82) is 0 Å². The van der Waals surface area contributed by atoms with Crippen molar-refractivity contribution in [3.8, 4) is 0 Å². The topological polar surface area (TPSA) is 52.5 Å². The molecule has 1 aromatic carbocycles. The Hall–Kier alpha value is -1.59. The van der Waals surface area contributed by atoms with Crippen molar-refractivity contribution in [3.63, 3.8) is 0 Å². The van der Waals surface area contributed by atoms with Gasteiger partial charge in [-0.15, -0.1) is 0 Å². The lowest BCUT2D eigenvalue weighted by atomic mass is 10.0. The Kier molecular flexibility index (Phi) is 2.72. The molecule has 0 radical (unpaired) electrons. The Morgan fingerprint density at radius 2 is 2.17 bits per heavy atom. The second-order valence-corrected chi connectivity index (χ2v) is 5.03. The van der Waals surface area contributed by atoms with Crippen LogP contribution < -0.4 is 5.76 Å². The average molecular weight is 247 g/mol. The van der Waals surface area contributed by atoms with Gasteiger partial charge in [0.25, 0.3) is 0 Å². The van der Waals surface area contributed by atoms with Crippen LogP contribution in [0.15, 0.2) is 27.4 Å². The molecule has 5 heteroatoms. The SMILES string of the molecule is CN1CCN(C)C(c2ccc3oc(=O)[nH]c3c2)C1. The van der Waals surface area contributed by atoms with E-state index in [9.17, 15) is 4.79 Å². The first kappa shape index (κ1) is 11.5. The van der Waals surface area contributed by atoms with Crippen LogP contribution in [0.25, 0.3) is 11.1 Å². The van der Waals surface area contributed by atoms with Gasteiger partial charge < -0.3 is 9.32 Å². The highest BCUT2D eigenvalue weighted by Gasteiger charge is 2.23. The number of aromatic nitrogens is 1. The van der Waals surface area contributed by atoms with Crippen LogP contribution in [0.3, 0.4) is 0 Å². The Bertz CT molecular complexity index is 616. The number of nitrogens with one attached hydrogen (secondary N) is 1. The lowest BCUT2D eigenvalue weighted by Gasteiger charge is -2.37. The largest absolute Gasteiger partial charge is 0.417 e. The second-order valence-electron chi connectivity index (χ2n) is 5.03. The Morgan fingerprint density at radius 1 is 1.33 bits per heavy atom. The van der Waals surface area contributed by atoms with Crippen molar-refractivity contribution in [2.24, 2.45) is 0 Å². The fraction of sp³-hybridized carbons (Fsp3) is 0.462. The molecular weight excluding hydrogens is 230 g/mol. The molecule has 1 aliphatic heterocycles. The Labute approximate surface area is 105 Å². The van der Waals surface area contributed by atoms with Gasteiger partial charge in [-0.25, -0.2) is 4.79 Å². The fourth-order valence-electron chi connectivity index (χ4n) is 2.55. The summed E-state index contributed by atoms with van der Waals surface area (Å²) < 4.78 is 5.02. The molecule has 1 unspecified atom stereocenters. The van der Waals surface area contributed by atoms with Gasteiger partial charge >= 0.3 is 5.76 Å². The normalized spacial score (nSPS) is 22.7. The van der Waals surface area contributed by atoms with Gasteiger partial charge in [0.05, 0.1) is 5.52 Å². The molecule has 1 N–H and O–H groups in total. The number of nitrogens with zero attached hydrogens (tertiary/aromatic N) is 2. The molecule has 2 aromatic rings. The summed E-state index contributed by atoms with van der Waals surface area (Å²) in [5.74, 6) is -0.392. The van der Waals surface area contributed by atoms with Gasteiger partial charge in [-0.1, -0.05) is 6.07 Å². The molecule has 0 spiro atoms. The monoisotopic (exact) mass is 247 g/mol. The van der Waals surface area contributed by atoms with Crippen LogP contribution in [-0.2, 0) is 0 Å². The Morgan fingerprint density at radius 3 is 3.00 bits per heavy atom. The van der Waals surface area contributed by atoms with Crippen LogP contribution in [0.4, 0.5) is 0 Å². The maximum Gasteiger partial charge on any atom is 0.417 e. The van der Waals surface area contributed by atoms with Gasteiger partial charge in [0, 0.05) is 25.7 Å². The third-order valence-corrected chi connectivity index (χ3v) is 3.68. The number of benzene rings is 1. The van der Waals surface area contributed by atoms with E-state index in [-0.39, 0.29) is 0 Å². The Balaban J connectivity index is 1.99. The van der Waals surface area contributed by atoms with Crippen molar-refractivity contribution in [2.75, 3.05) is 33.7 Å². The van der Waals surface area contributed by atoms with E-state index in [1.165, 1.54) is 5.56 Å². The van der Waals surface area contributed by atoms with E-state index >= 15 is 0 Å². The molecule has 1 aromatic heterocycles. The summed E-state index contributed by atoms with van der Waals surface area (Å²) in [5.41, 5.74) is 2.61. The van der Waals surface area contributed by atoms with E-state index < -0.39 is 5.76 Å². The highest BCUT2D eigenvalue weighted by Crippen LogP contribution is 2.25. The number of hydrogen-bond acceptors (Lipinski definition) is 4. The fourth-order valence-corrected chi connectivity index (χ4v) is 2.55. The molecule has 0 bridgehead atoms. The predicted octanol–water partition coefficient (Wildman–Crippen LogP) is 1.04. The van der Waals surface area contributed by atoms with Gasteiger partial charge in [0.15, 0.2) is 5.58 Å². The van der Waals surface area contributed by atoms with Gasteiger partial charge in [-0.2, -0.15) is 0 Å². The summed E-state index contributed by atoms with van der Waals surface area (Å²) in [7, 11) is 4.28. The van der Waals surface area contributed by atoms with Gasteiger partial charge in [-0.05, 0) is 31.8 Å². The molecule has 2 heterocycles. The van der Waals surface area contributed by atoms with Crippen molar-refractivity contribution in [2.45, 2.75) is 6.04 Å². The minimum absolute atomic E-state index is 0.367. The highest BCUT2D eigenvalue weighted by molar-refractivity contribution is 5.72. The van der Waals surface area contributed by atoms with E-state index in [0.717, 1.165) is 25.2 Å². The van der Waals surface area contributed by atoms with E-state index in [0.29, 0.717) is 11.6 Å². The molecular formula is C13H17N3O2. The number of oxazole rings is 1. The first-order valence-corrected chi connectivity index (χ1v) is 6.15. The van der Waals surface area contributed by atoms with Crippen molar-refractivity contribution < 1.29 is 4.42 Å². The van der Waals surface area contributed by atoms with Crippen LogP contribution in [-0.4, -0.2) is 48.5 Å². The molecule has 0 amide bonds. The quantitative estimate of drug-likeness (QED) is 0.818. The summed E-state index contributed by atoms with van der Waals surface area (Å²) in [6, 6.07) is 6.29. The molecule has 1 saturated heterocycles. The lowest BCUT2D eigenvalue weighted by molar-refractivity contribution is 0.115.